The molecule has 0 saturated heterocycles. The molecule has 0 saturated carbocycles. The number of rotatable bonds is 5. The first-order valence-electron chi connectivity index (χ1n) is 8.91. The monoisotopic (exact) mass is 373 g/mol. The second kappa shape index (κ2) is 7.11. The molecule has 1 aromatic heterocycles. The van der Waals surface area contributed by atoms with Gasteiger partial charge in [-0.2, -0.15) is 0 Å². The first kappa shape index (κ1) is 17.7. The number of nitrogens with zero attached hydrogens (tertiary/aromatic N) is 4. The molecular formula is C21H19N5O2. The lowest BCUT2D eigenvalue weighted by molar-refractivity contribution is -0.384. The van der Waals surface area contributed by atoms with Crippen LogP contribution in [-0.2, 0) is 0 Å². The average molecular weight is 373 g/mol. The van der Waals surface area contributed by atoms with Crippen LogP contribution in [0, 0.1) is 24.0 Å². The summed E-state index contributed by atoms with van der Waals surface area (Å²) in [5.74, 6) is 0. The third-order valence-corrected chi connectivity index (χ3v) is 4.69. The molecule has 0 bridgehead atoms. The molecule has 0 unspecified atom stereocenters. The van der Waals surface area contributed by atoms with Crippen LogP contribution in [-0.4, -0.2) is 19.9 Å². The van der Waals surface area contributed by atoms with E-state index in [0.717, 1.165) is 27.8 Å². The van der Waals surface area contributed by atoms with Gasteiger partial charge in [-0.1, -0.05) is 47.2 Å². The van der Waals surface area contributed by atoms with E-state index < -0.39 is 11.1 Å². The Balaban J connectivity index is 1.85. The summed E-state index contributed by atoms with van der Waals surface area (Å²) in [5, 5.41) is 23.3. The number of aromatic nitrogens is 3. The maximum Gasteiger partial charge on any atom is 0.269 e. The number of anilines is 1. The van der Waals surface area contributed by atoms with E-state index in [9.17, 15) is 10.1 Å². The second-order valence-corrected chi connectivity index (χ2v) is 6.74. The van der Waals surface area contributed by atoms with Crippen molar-refractivity contribution in [1.29, 1.82) is 0 Å². The number of nitrogens with one attached hydrogen (secondary N) is 1. The first-order valence-corrected chi connectivity index (χ1v) is 8.91. The van der Waals surface area contributed by atoms with E-state index in [-0.39, 0.29) is 5.69 Å². The number of aryl methyl sites for hydroxylation is 2. The second-order valence-electron chi connectivity index (χ2n) is 6.74. The summed E-state index contributed by atoms with van der Waals surface area (Å²) in [7, 11) is 0. The molecule has 140 valence electrons. The smallest absolute Gasteiger partial charge is 0.269 e. The minimum absolute atomic E-state index is 0.0364. The summed E-state index contributed by atoms with van der Waals surface area (Å²) in [4.78, 5) is 10.9. The van der Waals surface area contributed by atoms with Crippen LogP contribution in [0.5, 0.6) is 0 Å². The molecule has 4 aromatic rings. The molecule has 0 aliphatic heterocycles. The minimum atomic E-state index is -0.450. The third kappa shape index (κ3) is 3.29. The van der Waals surface area contributed by atoms with Gasteiger partial charge in [0.05, 0.1) is 10.4 Å². The van der Waals surface area contributed by atoms with E-state index in [2.05, 4.69) is 21.7 Å². The zero-order valence-electron chi connectivity index (χ0n) is 15.5. The molecule has 1 heterocycles. The van der Waals surface area contributed by atoms with Crippen molar-refractivity contribution in [2.45, 2.75) is 20.0 Å². The molecule has 0 radical (unpaired) electrons. The highest BCUT2D eigenvalue weighted by molar-refractivity contribution is 5.74. The molecule has 7 nitrogen and oxygen atoms in total. The maximum absolute atomic E-state index is 11.3. The van der Waals surface area contributed by atoms with Gasteiger partial charge in [0, 0.05) is 23.4 Å². The zero-order chi connectivity index (χ0) is 19.7. The summed E-state index contributed by atoms with van der Waals surface area (Å²) in [6.45, 7) is 4.07. The Morgan fingerprint density at radius 1 is 1.04 bits per heavy atom. The van der Waals surface area contributed by atoms with E-state index in [1.54, 1.807) is 16.8 Å². The van der Waals surface area contributed by atoms with Crippen molar-refractivity contribution in [3.63, 3.8) is 0 Å². The van der Waals surface area contributed by atoms with Gasteiger partial charge in [0.1, 0.15) is 11.7 Å². The topological polar surface area (TPSA) is 85.9 Å². The van der Waals surface area contributed by atoms with Crippen molar-refractivity contribution in [1.82, 2.24) is 15.0 Å². The molecule has 0 spiro atoms. The van der Waals surface area contributed by atoms with Gasteiger partial charge in [0.2, 0.25) is 0 Å². The highest BCUT2D eigenvalue weighted by Crippen LogP contribution is 2.28. The molecule has 7 heteroatoms. The number of hydrogen-bond acceptors (Lipinski definition) is 5. The summed E-state index contributed by atoms with van der Waals surface area (Å²) in [6, 6.07) is 20.4. The van der Waals surface area contributed by atoms with E-state index >= 15 is 0 Å². The van der Waals surface area contributed by atoms with Crippen molar-refractivity contribution in [2.75, 3.05) is 5.32 Å². The highest BCUT2D eigenvalue weighted by atomic mass is 16.6. The van der Waals surface area contributed by atoms with Gasteiger partial charge in [0.15, 0.2) is 0 Å². The van der Waals surface area contributed by atoms with Crippen LogP contribution in [0.1, 0.15) is 22.9 Å². The van der Waals surface area contributed by atoms with Gasteiger partial charge >= 0.3 is 0 Å². The first-order chi connectivity index (χ1) is 13.5. The van der Waals surface area contributed by atoms with E-state index in [1.165, 1.54) is 11.6 Å². The Labute approximate surface area is 161 Å². The van der Waals surface area contributed by atoms with Crippen LogP contribution < -0.4 is 5.32 Å². The van der Waals surface area contributed by atoms with Crippen LogP contribution in [0.3, 0.4) is 0 Å². The minimum Gasteiger partial charge on any atom is -0.360 e. The van der Waals surface area contributed by atoms with Crippen LogP contribution in [0.4, 0.5) is 11.4 Å². The molecule has 0 amide bonds. The van der Waals surface area contributed by atoms with E-state index in [0.29, 0.717) is 0 Å². The fourth-order valence-corrected chi connectivity index (χ4v) is 3.29. The summed E-state index contributed by atoms with van der Waals surface area (Å²) in [6.07, 6.45) is -0.450. The standard InChI is InChI=1S/C21H19N5O2/c1-14-10-11-18(15(2)12-14)22-21(16-6-5-7-17(13-16)26(27)28)25-20-9-4-3-8-19(20)23-24-25/h3-13,21-22H,1-2H3/t21-/m0/s1. The van der Waals surface area contributed by atoms with Gasteiger partial charge in [-0.25, -0.2) is 4.68 Å². The number of para-hydroxylation sites is 1. The molecule has 0 aliphatic rings. The van der Waals surface area contributed by atoms with Gasteiger partial charge in [0.25, 0.3) is 5.69 Å². The predicted octanol–water partition coefficient (Wildman–Crippen LogP) is 4.62. The van der Waals surface area contributed by atoms with E-state index in [1.807, 2.05) is 56.3 Å². The average Bonchev–Trinajstić information content (AvgIpc) is 3.11. The van der Waals surface area contributed by atoms with Crippen LogP contribution >= 0.6 is 0 Å². The van der Waals surface area contributed by atoms with Crippen molar-refractivity contribution < 1.29 is 4.92 Å². The Kier molecular flexibility index (Phi) is 4.49. The van der Waals surface area contributed by atoms with Crippen LogP contribution in [0.15, 0.2) is 66.7 Å². The van der Waals surface area contributed by atoms with E-state index in [4.69, 9.17) is 0 Å². The van der Waals surface area contributed by atoms with Crippen molar-refractivity contribution >= 4 is 22.4 Å². The lowest BCUT2D eigenvalue weighted by Gasteiger charge is -2.22. The number of nitro benzene ring substituents is 1. The Morgan fingerprint density at radius 2 is 1.86 bits per heavy atom. The zero-order valence-corrected chi connectivity index (χ0v) is 15.5. The lowest BCUT2D eigenvalue weighted by Crippen LogP contribution is -2.21. The van der Waals surface area contributed by atoms with Crippen molar-refractivity contribution in [2.24, 2.45) is 0 Å². The fourth-order valence-electron chi connectivity index (χ4n) is 3.29. The molecule has 1 atom stereocenters. The quantitative estimate of drug-likeness (QED) is 0.408. The molecule has 4 rings (SSSR count). The van der Waals surface area contributed by atoms with Gasteiger partial charge < -0.3 is 5.32 Å². The molecule has 28 heavy (non-hydrogen) atoms. The molecular weight excluding hydrogens is 354 g/mol. The normalized spacial score (nSPS) is 12.1. The van der Waals surface area contributed by atoms with Crippen LogP contribution in [0.2, 0.25) is 0 Å². The van der Waals surface area contributed by atoms with Gasteiger partial charge in [-0.05, 0) is 37.6 Å². The number of fused-ring (bicyclic) bond motifs is 1. The highest BCUT2D eigenvalue weighted by Gasteiger charge is 2.20. The number of non-ortho nitro benzene ring substituents is 1. The number of nitro groups is 1. The molecule has 1 N–H and O–H groups in total. The van der Waals surface area contributed by atoms with Crippen molar-refractivity contribution in [3.05, 3.63) is 93.5 Å². The van der Waals surface area contributed by atoms with Crippen molar-refractivity contribution in [3.8, 4) is 0 Å². The summed E-state index contributed by atoms with van der Waals surface area (Å²) >= 11 is 0. The lowest BCUT2D eigenvalue weighted by atomic mass is 10.1. The summed E-state index contributed by atoms with van der Waals surface area (Å²) < 4.78 is 1.76. The fraction of sp³-hybridized carbons (Fsp3) is 0.143. The molecule has 0 fully saturated rings. The maximum atomic E-state index is 11.3. The Hall–Kier alpha value is -3.74. The largest absolute Gasteiger partial charge is 0.360 e. The summed E-state index contributed by atoms with van der Waals surface area (Å²) in [5.41, 5.74) is 5.55. The SMILES string of the molecule is Cc1ccc(N[C@H](c2cccc([N+](=O)[O-])c2)n2nnc3ccccc32)c(C)c1. The van der Waals surface area contributed by atoms with Gasteiger partial charge in [-0.3, -0.25) is 10.1 Å². The number of benzene rings is 3. The predicted molar refractivity (Wildman–Crippen MR) is 108 cm³/mol. The Morgan fingerprint density at radius 3 is 2.64 bits per heavy atom. The molecule has 0 aliphatic carbocycles. The Bertz CT molecular complexity index is 1170. The van der Waals surface area contributed by atoms with Gasteiger partial charge in [-0.15, -0.1) is 5.10 Å². The number of hydrogen-bond donors (Lipinski definition) is 1. The van der Waals surface area contributed by atoms with Crippen LogP contribution in [0.25, 0.3) is 11.0 Å². The molecule has 3 aromatic carbocycles. The third-order valence-electron chi connectivity index (χ3n) is 4.69.